The van der Waals surface area contributed by atoms with E-state index in [9.17, 15) is 19.2 Å². The predicted molar refractivity (Wildman–Crippen MR) is 234 cm³/mol. The predicted octanol–water partition coefficient (Wildman–Crippen LogP) is 10.5. The van der Waals surface area contributed by atoms with E-state index in [0.29, 0.717) is 54.6 Å². The molecule has 0 spiro atoms. The molecule has 0 aliphatic carbocycles. The maximum Gasteiger partial charge on any atom is 0.338 e. The van der Waals surface area contributed by atoms with Crippen LogP contribution >= 0.6 is 0 Å². The van der Waals surface area contributed by atoms with Crippen LogP contribution in [0.25, 0.3) is 0 Å². The second-order valence-electron chi connectivity index (χ2n) is 13.4. The van der Waals surface area contributed by atoms with Crippen LogP contribution in [0.2, 0.25) is 0 Å². The van der Waals surface area contributed by atoms with Crippen LogP contribution in [0.4, 0.5) is 0 Å². The Morgan fingerprint density at radius 1 is 0.426 bits per heavy atom. The van der Waals surface area contributed by atoms with E-state index in [1.165, 1.54) is 0 Å². The Balaban J connectivity index is 0.000000204. The van der Waals surface area contributed by atoms with E-state index in [-0.39, 0.29) is 36.2 Å². The largest absolute Gasteiger partial charge is 0.493 e. The lowest BCUT2D eigenvalue weighted by Gasteiger charge is -2.12. The minimum Gasteiger partial charge on any atom is -0.493 e. The maximum atomic E-state index is 12.0. The summed E-state index contributed by atoms with van der Waals surface area (Å²) in [6.45, 7) is 7.91. The molecule has 0 N–H and O–H groups in total. The molecule has 10 heteroatoms. The van der Waals surface area contributed by atoms with E-state index in [1.54, 1.807) is 86.6 Å². The zero-order valence-electron chi connectivity index (χ0n) is 34.3. The first kappa shape index (κ1) is 46.2. The topological polar surface area (TPSA) is 124 Å². The molecule has 0 amide bonds. The van der Waals surface area contributed by atoms with Gasteiger partial charge in [0.1, 0.15) is 41.1 Å². The first-order chi connectivity index (χ1) is 29.7. The first-order valence-corrected chi connectivity index (χ1v) is 19.8. The number of esters is 4. The molecule has 314 valence electrons. The van der Waals surface area contributed by atoms with Crippen LogP contribution < -0.4 is 28.4 Å². The van der Waals surface area contributed by atoms with E-state index in [2.05, 4.69) is 6.58 Å². The summed E-state index contributed by atoms with van der Waals surface area (Å²) >= 11 is 0. The lowest BCUT2D eigenvalue weighted by molar-refractivity contribution is -0.139. The molecule has 6 aromatic carbocycles. The van der Waals surface area contributed by atoms with Crippen molar-refractivity contribution < 1.29 is 47.6 Å². The van der Waals surface area contributed by atoms with Crippen molar-refractivity contribution in [1.29, 1.82) is 0 Å². The molecular weight excluding hydrogens is 773 g/mol. The van der Waals surface area contributed by atoms with Crippen LogP contribution in [0.1, 0.15) is 33.1 Å². The Bertz CT molecular complexity index is 2180. The molecule has 10 nitrogen and oxygen atoms in total. The van der Waals surface area contributed by atoms with Gasteiger partial charge in [-0.2, -0.15) is 0 Å². The summed E-state index contributed by atoms with van der Waals surface area (Å²) in [7, 11) is 0. The Morgan fingerprint density at radius 3 is 1.20 bits per heavy atom. The molecule has 0 aromatic heterocycles. The van der Waals surface area contributed by atoms with Gasteiger partial charge in [0.25, 0.3) is 0 Å². The maximum absolute atomic E-state index is 12.0. The highest BCUT2D eigenvalue weighted by atomic mass is 16.6. The summed E-state index contributed by atoms with van der Waals surface area (Å²) in [5.74, 6) is 1.55. The molecule has 0 aliphatic rings. The number of rotatable bonds is 17. The van der Waals surface area contributed by atoms with Gasteiger partial charge in [-0.1, -0.05) is 123 Å². The fraction of sp³-hybridized carbons (Fsp3) is 0.176. The first-order valence-electron chi connectivity index (χ1n) is 19.8. The van der Waals surface area contributed by atoms with E-state index in [0.717, 1.165) is 11.5 Å². The zero-order valence-corrected chi connectivity index (χ0v) is 34.3. The fourth-order valence-corrected chi connectivity index (χ4v) is 4.93. The van der Waals surface area contributed by atoms with Gasteiger partial charge in [-0.3, -0.25) is 14.4 Å². The quantitative estimate of drug-likeness (QED) is 0.0499. The standard InChI is InChI=1S/C20H20O4.C16H16O3.C15H14O3/c1-15(19(21)23-17-9-5-3-6-10-17)13-14-16(2)20(22)24-18-11-7-4-8-12-18;1-13(12-18-14-8-4-2-5-9-14)16(17)19-15-10-6-3-7-11-15;16-15(18-14-9-5-2-6-10-14)11-12-17-13-7-3-1-4-8-13/h3-12,16H,1,13-14H2,2H3;2-11,13H,12H2,1H3;1-10H,11-12H2. The third-order valence-corrected chi connectivity index (χ3v) is 8.39. The molecule has 6 rings (SSSR count). The SMILES string of the molecule is C=C(CCC(C)C(=O)Oc1ccccc1)C(=O)Oc1ccccc1.CC(COc1ccccc1)C(=O)Oc1ccccc1.O=C(CCOc1ccccc1)Oc1ccccc1. The van der Waals surface area contributed by atoms with Crippen molar-refractivity contribution in [3.05, 3.63) is 194 Å². The van der Waals surface area contributed by atoms with Crippen LogP contribution in [-0.2, 0) is 19.2 Å². The molecule has 0 radical (unpaired) electrons. The average Bonchev–Trinajstić information content (AvgIpc) is 3.29. The lowest BCUT2D eigenvalue weighted by Crippen LogP contribution is -2.23. The summed E-state index contributed by atoms with van der Waals surface area (Å²) in [5.41, 5.74) is 0.332. The number of carbonyl (C=O) groups is 4. The molecule has 2 unspecified atom stereocenters. The van der Waals surface area contributed by atoms with E-state index >= 15 is 0 Å². The summed E-state index contributed by atoms with van der Waals surface area (Å²) in [5, 5.41) is 0. The molecular formula is C51H50O10. The van der Waals surface area contributed by atoms with Gasteiger partial charge in [0, 0.05) is 5.57 Å². The smallest absolute Gasteiger partial charge is 0.338 e. The summed E-state index contributed by atoms with van der Waals surface area (Å²) in [6.07, 6.45) is 1.06. The van der Waals surface area contributed by atoms with Gasteiger partial charge in [0.05, 0.1) is 24.9 Å². The van der Waals surface area contributed by atoms with Crippen molar-refractivity contribution in [2.45, 2.75) is 33.1 Å². The molecule has 6 aromatic rings. The minimum atomic E-state index is -0.482. The Hall–Kier alpha value is -7.46. The molecule has 0 heterocycles. The molecule has 0 aliphatic heterocycles. The van der Waals surface area contributed by atoms with Gasteiger partial charge in [0.15, 0.2) is 0 Å². The summed E-state index contributed by atoms with van der Waals surface area (Å²) in [4.78, 5) is 47.3. The van der Waals surface area contributed by atoms with Crippen molar-refractivity contribution in [1.82, 2.24) is 0 Å². The van der Waals surface area contributed by atoms with Crippen molar-refractivity contribution in [3.8, 4) is 34.5 Å². The monoisotopic (exact) mass is 822 g/mol. The van der Waals surface area contributed by atoms with Crippen molar-refractivity contribution in [3.63, 3.8) is 0 Å². The van der Waals surface area contributed by atoms with Crippen molar-refractivity contribution in [2.24, 2.45) is 11.8 Å². The second-order valence-corrected chi connectivity index (χ2v) is 13.4. The third-order valence-electron chi connectivity index (χ3n) is 8.39. The lowest BCUT2D eigenvalue weighted by atomic mass is 10.0. The van der Waals surface area contributed by atoms with Gasteiger partial charge in [0.2, 0.25) is 0 Å². The van der Waals surface area contributed by atoms with Crippen molar-refractivity contribution in [2.75, 3.05) is 13.2 Å². The highest BCUT2D eigenvalue weighted by Crippen LogP contribution is 2.19. The summed E-state index contributed by atoms with van der Waals surface area (Å²) in [6, 6.07) is 54.5. The minimum absolute atomic E-state index is 0.226. The highest BCUT2D eigenvalue weighted by molar-refractivity contribution is 5.89. The van der Waals surface area contributed by atoms with Gasteiger partial charge in [-0.05, 0) is 92.6 Å². The van der Waals surface area contributed by atoms with Crippen molar-refractivity contribution >= 4 is 23.9 Å². The molecule has 0 saturated carbocycles. The van der Waals surface area contributed by atoms with Crippen LogP contribution in [0.5, 0.6) is 34.5 Å². The average molecular weight is 823 g/mol. The van der Waals surface area contributed by atoms with Crippen LogP contribution in [0, 0.1) is 11.8 Å². The van der Waals surface area contributed by atoms with Crippen LogP contribution in [0.3, 0.4) is 0 Å². The molecule has 61 heavy (non-hydrogen) atoms. The Labute approximate surface area is 357 Å². The molecule has 0 saturated heterocycles. The molecule has 2 atom stereocenters. The van der Waals surface area contributed by atoms with E-state index in [1.807, 2.05) is 109 Å². The number of carbonyl (C=O) groups excluding carboxylic acids is 4. The molecule has 0 bridgehead atoms. The van der Waals surface area contributed by atoms with Gasteiger partial charge >= 0.3 is 23.9 Å². The van der Waals surface area contributed by atoms with E-state index < -0.39 is 5.97 Å². The van der Waals surface area contributed by atoms with Gasteiger partial charge in [-0.25, -0.2) is 4.79 Å². The second kappa shape index (κ2) is 26.5. The third kappa shape index (κ3) is 18.8. The number of hydrogen-bond acceptors (Lipinski definition) is 10. The number of para-hydroxylation sites is 6. The zero-order chi connectivity index (χ0) is 43.5. The van der Waals surface area contributed by atoms with Crippen LogP contribution in [-0.4, -0.2) is 37.1 Å². The summed E-state index contributed by atoms with van der Waals surface area (Å²) < 4.78 is 31.8. The normalized spacial score (nSPS) is 11.0. The number of hydrogen-bond donors (Lipinski definition) is 0. The van der Waals surface area contributed by atoms with E-state index in [4.69, 9.17) is 28.4 Å². The Morgan fingerprint density at radius 2 is 0.770 bits per heavy atom. The highest BCUT2D eigenvalue weighted by Gasteiger charge is 2.19. The number of benzene rings is 6. The Kier molecular flexibility index (Phi) is 20.1. The van der Waals surface area contributed by atoms with Gasteiger partial charge < -0.3 is 28.4 Å². The van der Waals surface area contributed by atoms with Crippen LogP contribution in [0.15, 0.2) is 194 Å². The molecule has 0 fully saturated rings. The van der Waals surface area contributed by atoms with Gasteiger partial charge in [-0.15, -0.1) is 0 Å². The number of ether oxygens (including phenoxy) is 6. The fourth-order valence-electron chi connectivity index (χ4n) is 4.93.